The van der Waals surface area contributed by atoms with E-state index in [1.807, 2.05) is 12.1 Å². The van der Waals surface area contributed by atoms with Crippen molar-refractivity contribution in [1.29, 1.82) is 0 Å². The lowest BCUT2D eigenvalue weighted by molar-refractivity contribution is 0.194. The van der Waals surface area contributed by atoms with Gasteiger partial charge in [-0.15, -0.1) is 0 Å². The Kier molecular flexibility index (Phi) is 2.56. The smallest absolute Gasteiger partial charge is 0.492 e. The summed E-state index contributed by atoms with van der Waals surface area (Å²) in [5.41, 5.74) is 2.93. The van der Waals surface area contributed by atoms with Gasteiger partial charge in [0, 0.05) is 13.0 Å². The van der Waals surface area contributed by atoms with E-state index in [0.717, 1.165) is 28.8 Å². The van der Waals surface area contributed by atoms with Crippen molar-refractivity contribution in [2.24, 2.45) is 0 Å². The van der Waals surface area contributed by atoms with Gasteiger partial charge in [-0.3, -0.25) is 0 Å². The van der Waals surface area contributed by atoms with E-state index in [1.54, 1.807) is 0 Å². The fourth-order valence-electron chi connectivity index (χ4n) is 2.28. The first-order chi connectivity index (χ1) is 7.79. The summed E-state index contributed by atoms with van der Waals surface area (Å²) in [5.74, 6) is 0.899. The Morgan fingerprint density at radius 3 is 3.25 bits per heavy atom. The maximum absolute atomic E-state index is 9.78. The molecule has 2 heterocycles. The fraction of sp³-hybridized carbons (Fsp3) is 0.400. The van der Waals surface area contributed by atoms with Crippen molar-refractivity contribution < 1.29 is 14.4 Å². The van der Waals surface area contributed by atoms with Crippen molar-refractivity contribution in [1.82, 2.24) is 4.84 Å². The minimum Gasteiger partial charge on any atom is -0.493 e. The third kappa shape index (κ3) is 1.51. The van der Waals surface area contributed by atoms with Gasteiger partial charge in [-0.1, -0.05) is 6.07 Å². The van der Waals surface area contributed by atoms with Crippen LogP contribution >= 0.6 is 11.8 Å². The van der Waals surface area contributed by atoms with Gasteiger partial charge in [0.25, 0.3) is 0 Å². The molecule has 1 aromatic carbocycles. The molecule has 0 saturated carbocycles. The lowest BCUT2D eigenvalue weighted by Gasteiger charge is -2.11. The highest BCUT2D eigenvalue weighted by atomic mass is 35.5. The highest BCUT2D eigenvalue weighted by Gasteiger charge is 2.36. The summed E-state index contributed by atoms with van der Waals surface area (Å²) in [4.78, 5) is 2.53. The Balaban J connectivity index is 2.03. The normalized spacial score (nSPS) is 21.9. The Bertz CT molecular complexity index is 429. The lowest BCUT2D eigenvalue weighted by atomic mass is 9.78. The van der Waals surface area contributed by atoms with Crippen LogP contribution in [0.5, 0.6) is 5.75 Å². The molecule has 1 aromatic rings. The van der Waals surface area contributed by atoms with E-state index in [4.69, 9.17) is 21.2 Å². The van der Waals surface area contributed by atoms with Crippen LogP contribution in [0.3, 0.4) is 0 Å². The molecular formula is C10H11BClNO3. The maximum Gasteiger partial charge on any atom is 0.492 e. The zero-order chi connectivity index (χ0) is 11.1. The molecule has 1 atom stereocenters. The minimum atomic E-state index is -0.851. The molecule has 2 aliphatic rings. The first kappa shape index (κ1) is 10.4. The molecule has 0 spiro atoms. The van der Waals surface area contributed by atoms with Gasteiger partial charge in [0.2, 0.25) is 0 Å². The number of hydrogen-bond donors (Lipinski definition) is 2. The van der Waals surface area contributed by atoms with Crippen LogP contribution in [0.1, 0.15) is 17.2 Å². The zero-order valence-corrected chi connectivity index (χ0v) is 9.33. The van der Waals surface area contributed by atoms with Crippen molar-refractivity contribution in [3.05, 3.63) is 23.3 Å². The summed E-state index contributed by atoms with van der Waals surface area (Å²) < 4.78 is 10.9. The van der Waals surface area contributed by atoms with Crippen LogP contribution in [-0.4, -0.2) is 25.3 Å². The third-order valence-corrected chi connectivity index (χ3v) is 3.22. The standard InChI is InChI=1S/C10H11BClNO3/c12-13-5-10-7-4-9-6(1-2-15-9)3-8(7)11(14)16-10/h3-4,10,13-14H,1-2,5H2. The Hall–Kier alpha value is -0.745. The van der Waals surface area contributed by atoms with Crippen LogP contribution in [0.15, 0.2) is 12.1 Å². The summed E-state index contributed by atoms with van der Waals surface area (Å²) in [6.45, 7) is 1.18. The Labute approximate surface area is 98.8 Å². The predicted octanol–water partition coefficient (Wildman–Crippen LogP) is 0.124. The molecule has 3 rings (SSSR count). The van der Waals surface area contributed by atoms with E-state index in [2.05, 4.69) is 4.84 Å². The number of nitrogens with one attached hydrogen (secondary N) is 1. The first-order valence-corrected chi connectivity index (χ1v) is 5.64. The van der Waals surface area contributed by atoms with Crippen LogP contribution in [-0.2, 0) is 11.1 Å². The monoisotopic (exact) mass is 239 g/mol. The van der Waals surface area contributed by atoms with Gasteiger partial charge in [-0.2, -0.15) is 0 Å². The quantitative estimate of drug-likeness (QED) is 0.569. The fourth-order valence-corrected chi connectivity index (χ4v) is 2.42. The number of ether oxygens (including phenoxy) is 1. The van der Waals surface area contributed by atoms with Crippen LogP contribution in [0, 0.1) is 0 Å². The molecule has 6 heteroatoms. The average molecular weight is 239 g/mol. The van der Waals surface area contributed by atoms with Gasteiger partial charge < -0.3 is 14.4 Å². The second-order valence-corrected chi connectivity index (χ2v) is 4.27. The number of halogens is 1. The topological polar surface area (TPSA) is 50.7 Å². The summed E-state index contributed by atoms with van der Waals surface area (Å²) in [6, 6.07) is 3.92. The summed E-state index contributed by atoms with van der Waals surface area (Å²) >= 11 is 5.47. The van der Waals surface area contributed by atoms with Gasteiger partial charge >= 0.3 is 7.12 Å². The van der Waals surface area contributed by atoms with Crippen LogP contribution in [0.25, 0.3) is 0 Å². The van der Waals surface area contributed by atoms with Gasteiger partial charge in [-0.05, 0) is 34.4 Å². The molecule has 1 unspecified atom stereocenters. The predicted molar refractivity (Wildman–Crippen MR) is 60.9 cm³/mol. The summed E-state index contributed by atoms with van der Waals surface area (Å²) in [7, 11) is -0.851. The largest absolute Gasteiger partial charge is 0.493 e. The lowest BCUT2D eigenvalue weighted by Crippen LogP contribution is -2.28. The van der Waals surface area contributed by atoms with E-state index >= 15 is 0 Å². The first-order valence-electron chi connectivity index (χ1n) is 5.26. The molecule has 0 radical (unpaired) electrons. The zero-order valence-electron chi connectivity index (χ0n) is 8.57. The van der Waals surface area contributed by atoms with Crippen molar-refractivity contribution in [2.45, 2.75) is 12.5 Å². The SMILES string of the molecule is OB1OC(CNCl)c2cc3c(cc21)CCO3. The summed E-state index contributed by atoms with van der Waals surface area (Å²) in [5, 5.41) is 9.78. The Morgan fingerprint density at radius 2 is 2.44 bits per heavy atom. The molecule has 0 aromatic heterocycles. The molecular weight excluding hydrogens is 228 g/mol. The second-order valence-electron chi connectivity index (χ2n) is 4.00. The van der Waals surface area contributed by atoms with E-state index in [-0.39, 0.29) is 6.10 Å². The average Bonchev–Trinajstić information content (AvgIpc) is 2.83. The highest BCUT2D eigenvalue weighted by Crippen LogP contribution is 2.32. The van der Waals surface area contributed by atoms with Gasteiger partial charge in [0.1, 0.15) is 5.75 Å². The third-order valence-electron chi connectivity index (χ3n) is 3.06. The van der Waals surface area contributed by atoms with E-state index < -0.39 is 7.12 Å². The van der Waals surface area contributed by atoms with Crippen LogP contribution in [0.4, 0.5) is 0 Å². The Morgan fingerprint density at radius 1 is 1.56 bits per heavy atom. The van der Waals surface area contributed by atoms with E-state index in [0.29, 0.717) is 13.2 Å². The van der Waals surface area contributed by atoms with E-state index in [9.17, 15) is 5.02 Å². The van der Waals surface area contributed by atoms with Crippen molar-refractivity contribution in [3.63, 3.8) is 0 Å². The molecule has 0 saturated heterocycles. The molecule has 84 valence electrons. The molecule has 0 bridgehead atoms. The van der Waals surface area contributed by atoms with Crippen molar-refractivity contribution in [3.8, 4) is 5.75 Å². The van der Waals surface area contributed by atoms with E-state index in [1.165, 1.54) is 0 Å². The maximum atomic E-state index is 9.78. The van der Waals surface area contributed by atoms with Crippen molar-refractivity contribution in [2.75, 3.05) is 13.2 Å². The number of hydrogen-bond acceptors (Lipinski definition) is 4. The van der Waals surface area contributed by atoms with Gasteiger partial charge in [0.15, 0.2) is 0 Å². The van der Waals surface area contributed by atoms with Gasteiger partial charge in [0.05, 0.1) is 12.7 Å². The highest BCUT2D eigenvalue weighted by molar-refractivity contribution is 6.61. The molecule has 0 fully saturated rings. The molecule has 2 aliphatic heterocycles. The molecule has 0 aliphatic carbocycles. The van der Waals surface area contributed by atoms with Crippen molar-refractivity contribution >= 4 is 24.4 Å². The van der Waals surface area contributed by atoms with Crippen LogP contribution < -0.4 is 15.0 Å². The second kappa shape index (κ2) is 3.93. The molecule has 4 nitrogen and oxygen atoms in total. The molecule has 2 N–H and O–H groups in total. The number of benzene rings is 1. The number of fused-ring (bicyclic) bond motifs is 2. The summed E-state index contributed by atoms with van der Waals surface area (Å²) in [6.07, 6.45) is 0.685. The molecule has 0 amide bonds. The minimum absolute atomic E-state index is 0.211. The van der Waals surface area contributed by atoms with Crippen LogP contribution in [0.2, 0.25) is 0 Å². The molecule has 16 heavy (non-hydrogen) atoms. The van der Waals surface area contributed by atoms with Gasteiger partial charge in [-0.25, -0.2) is 4.84 Å². The number of rotatable bonds is 2.